The fourth-order valence-electron chi connectivity index (χ4n) is 3.53. The summed E-state index contributed by atoms with van der Waals surface area (Å²) in [6, 6.07) is 21.0. The monoisotopic (exact) mass is 460 g/mol. The van der Waals surface area contributed by atoms with Gasteiger partial charge >= 0.3 is 6.03 Å². The lowest BCUT2D eigenvalue weighted by Crippen LogP contribution is -2.54. The van der Waals surface area contributed by atoms with Gasteiger partial charge in [-0.05, 0) is 47.4 Å². The van der Waals surface area contributed by atoms with Crippen molar-refractivity contribution in [3.63, 3.8) is 0 Å². The topological polar surface area (TPSA) is 75.7 Å². The molecule has 1 aliphatic rings. The molecule has 1 aliphatic heterocycles. The molecule has 3 aromatic carbocycles. The molecule has 0 aliphatic carbocycles. The van der Waals surface area contributed by atoms with Crippen LogP contribution in [0.15, 0.2) is 78.4 Å². The minimum absolute atomic E-state index is 0.158. The quantitative estimate of drug-likeness (QED) is 0.408. The summed E-state index contributed by atoms with van der Waals surface area (Å²) in [7, 11) is 0. The fraction of sp³-hybridized carbons (Fsp3) is 0.115. The van der Waals surface area contributed by atoms with E-state index in [0.717, 1.165) is 16.0 Å². The van der Waals surface area contributed by atoms with Crippen LogP contribution in [0, 0.1) is 0 Å². The van der Waals surface area contributed by atoms with Gasteiger partial charge in [0.05, 0.1) is 10.7 Å². The molecule has 0 bridgehead atoms. The molecule has 1 N–H and O–H groups in total. The Kier molecular flexibility index (Phi) is 6.56. The van der Waals surface area contributed by atoms with E-state index in [1.54, 1.807) is 30.3 Å². The average Bonchev–Trinajstić information content (AvgIpc) is 2.82. The van der Waals surface area contributed by atoms with Gasteiger partial charge in [-0.2, -0.15) is 0 Å². The summed E-state index contributed by atoms with van der Waals surface area (Å²) < 4.78 is 5.77. The maximum atomic E-state index is 13.1. The Labute approximate surface area is 196 Å². The largest absolute Gasteiger partial charge is 0.487 e. The number of ether oxygens (including phenoxy) is 1. The number of carbonyl (C=O) groups is 3. The van der Waals surface area contributed by atoms with Crippen molar-refractivity contribution >= 4 is 41.2 Å². The number of urea groups is 1. The minimum atomic E-state index is -0.772. The van der Waals surface area contributed by atoms with Crippen molar-refractivity contribution in [1.29, 1.82) is 0 Å². The Bertz CT molecular complexity index is 1250. The van der Waals surface area contributed by atoms with Gasteiger partial charge in [0, 0.05) is 0 Å². The number of benzene rings is 3. The van der Waals surface area contributed by atoms with Gasteiger partial charge in [-0.15, -0.1) is 0 Å². The number of imide groups is 2. The van der Waals surface area contributed by atoms with Gasteiger partial charge < -0.3 is 4.74 Å². The van der Waals surface area contributed by atoms with E-state index < -0.39 is 17.8 Å². The highest BCUT2D eigenvalue weighted by Gasteiger charge is 2.37. The molecule has 0 atom stereocenters. The van der Waals surface area contributed by atoms with Crippen LogP contribution in [-0.4, -0.2) is 17.8 Å². The lowest BCUT2D eigenvalue weighted by molar-refractivity contribution is -0.122. The SMILES string of the molecule is CCc1ccccc1N1C(=O)NC(=O)/C(=C/c2ccc(OCc3ccccc3)c(Cl)c2)C1=O. The Morgan fingerprint density at radius 3 is 2.42 bits per heavy atom. The van der Waals surface area contributed by atoms with Gasteiger partial charge in [-0.25, -0.2) is 9.69 Å². The number of amides is 4. The zero-order valence-corrected chi connectivity index (χ0v) is 18.6. The first-order valence-electron chi connectivity index (χ1n) is 10.4. The smallest absolute Gasteiger partial charge is 0.335 e. The van der Waals surface area contributed by atoms with E-state index in [1.807, 2.05) is 49.4 Å². The fourth-order valence-corrected chi connectivity index (χ4v) is 3.77. The van der Waals surface area contributed by atoms with Crippen molar-refractivity contribution in [2.75, 3.05) is 4.90 Å². The molecular weight excluding hydrogens is 440 g/mol. The summed E-state index contributed by atoms with van der Waals surface area (Å²) >= 11 is 6.37. The Balaban J connectivity index is 1.59. The molecule has 4 amide bonds. The number of anilines is 1. The Morgan fingerprint density at radius 1 is 0.970 bits per heavy atom. The number of aryl methyl sites for hydroxylation is 1. The number of rotatable bonds is 6. The first-order valence-corrected chi connectivity index (χ1v) is 10.8. The highest BCUT2D eigenvalue weighted by molar-refractivity contribution is 6.39. The van der Waals surface area contributed by atoms with Crippen LogP contribution >= 0.6 is 11.6 Å². The van der Waals surface area contributed by atoms with Crippen LogP contribution in [0.2, 0.25) is 5.02 Å². The number of halogens is 1. The molecule has 0 unspecified atom stereocenters. The maximum absolute atomic E-state index is 13.1. The zero-order valence-electron chi connectivity index (χ0n) is 17.9. The summed E-state index contributed by atoms with van der Waals surface area (Å²) in [6.07, 6.45) is 2.04. The van der Waals surface area contributed by atoms with E-state index >= 15 is 0 Å². The highest BCUT2D eigenvalue weighted by Crippen LogP contribution is 2.29. The first-order chi connectivity index (χ1) is 16.0. The van der Waals surface area contributed by atoms with E-state index in [0.29, 0.717) is 35.1 Å². The molecule has 0 spiro atoms. The first kappa shape index (κ1) is 22.3. The van der Waals surface area contributed by atoms with E-state index in [2.05, 4.69) is 5.32 Å². The number of hydrogen-bond acceptors (Lipinski definition) is 4. The Morgan fingerprint density at radius 2 is 1.70 bits per heavy atom. The van der Waals surface area contributed by atoms with Crippen LogP contribution in [0.1, 0.15) is 23.6 Å². The zero-order chi connectivity index (χ0) is 23.4. The number of nitrogens with one attached hydrogen (secondary N) is 1. The second-order valence-electron chi connectivity index (χ2n) is 7.40. The van der Waals surface area contributed by atoms with Crippen molar-refractivity contribution in [3.8, 4) is 5.75 Å². The molecule has 1 fully saturated rings. The van der Waals surface area contributed by atoms with Gasteiger partial charge in [0.2, 0.25) is 0 Å². The van der Waals surface area contributed by atoms with Crippen molar-refractivity contribution in [2.24, 2.45) is 0 Å². The molecule has 1 saturated heterocycles. The van der Waals surface area contributed by atoms with Crippen LogP contribution < -0.4 is 15.0 Å². The van der Waals surface area contributed by atoms with E-state index in [9.17, 15) is 14.4 Å². The summed E-state index contributed by atoms with van der Waals surface area (Å²) in [6.45, 7) is 2.28. The number of nitrogens with zero attached hydrogens (tertiary/aromatic N) is 1. The van der Waals surface area contributed by atoms with Crippen molar-refractivity contribution in [3.05, 3.63) is 100 Å². The predicted molar refractivity (Wildman–Crippen MR) is 127 cm³/mol. The van der Waals surface area contributed by atoms with Crippen molar-refractivity contribution in [2.45, 2.75) is 20.0 Å². The summed E-state index contributed by atoms with van der Waals surface area (Å²) in [4.78, 5) is 39.1. The number of barbiturate groups is 1. The molecule has 3 aromatic rings. The van der Waals surface area contributed by atoms with Crippen LogP contribution in [0.5, 0.6) is 5.75 Å². The second kappa shape index (κ2) is 9.71. The molecule has 0 saturated carbocycles. The van der Waals surface area contributed by atoms with Crippen LogP contribution in [-0.2, 0) is 22.6 Å². The molecular formula is C26H21ClN2O4. The van der Waals surface area contributed by atoms with E-state index in [4.69, 9.17) is 16.3 Å². The molecule has 7 heteroatoms. The van der Waals surface area contributed by atoms with E-state index in [1.165, 1.54) is 6.08 Å². The molecule has 0 radical (unpaired) electrons. The Hall–Kier alpha value is -3.90. The molecule has 4 rings (SSSR count). The van der Waals surface area contributed by atoms with Crippen molar-refractivity contribution < 1.29 is 19.1 Å². The lowest BCUT2D eigenvalue weighted by Gasteiger charge is -2.28. The van der Waals surface area contributed by atoms with Crippen LogP contribution in [0.3, 0.4) is 0 Å². The van der Waals surface area contributed by atoms with Crippen LogP contribution in [0.4, 0.5) is 10.5 Å². The maximum Gasteiger partial charge on any atom is 0.335 e. The summed E-state index contributed by atoms with van der Waals surface area (Å²) in [5.74, 6) is -0.961. The van der Waals surface area contributed by atoms with Gasteiger partial charge in [0.15, 0.2) is 0 Å². The predicted octanol–water partition coefficient (Wildman–Crippen LogP) is 5.15. The lowest BCUT2D eigenvalue weighted by atomic mass is 10.0. The third-order valence-electron chi connectivity index (χ3n) is 5.22. The third-order valence-corrected chi connectivity index (χ3v) is 5.51. The van der Waals surface area contributed by atoms with Gasteiger partial charge in [-0.1, -0.05) is 73.1 Å². The van der Waals surface area contributed by atoms with Crippen LogP contribution in [0.25, 0.3) is 6.08 Å². The summed E-state index contributed by atoms with van der Waals surface area (Å²) in [5.41, 5.74) is 2.64. The highest BCUT2D eigenvalue weighted by atomic mass is 35.5. The average molecular weight is 461 g/mol. The third kappa shape index (κ3) is 4.81. The number of carbonyl (C=O) groups excluding carboxylic acids is 3. The molecule has 33 heavy (non-hydrogen) atoms. The molecule has 6 nitrogen and oxygen atoms in total. The molecule has 1 heterocycles. The van der Waals surface area contributed by atoms with Gasteiger partial charge in [-0.3, -0.25) is 14.9 Å². The van der Waals surface area contributed by atoms with Crippen molar-refractivity contribution in [1.82, 2.24) is 5.32 Å². The van der Waals surface area contributed by atoms with E-state index in [-0.39, 0.29) is 5.57 Å². The van der Waals surface area contributed by atoms with Gasteiger partial charge in [0.1, 0.15) is 17.9 Å². The minimum Gasteiger partial charge on any atom is -0.487 e. The number of para-hydroxylation sites is 1. The molecule has 0 aromatic heterocycles. The standard InChI is InChI=1S/C26H21ClN2O4/c1-2-19-10-6-7-11-22(19)29-25(31)20(24(30)28-26(29)32)14-18-12-13-23(21(27)15-18)33-16-17-8-4-3-5-9-17/h3-15H,2,16H2,1H3,(H,28,30,32)/b20-14-. The molecule has 166 valence electrons. The number of hydrogen-bond donors (Lipinski definition) is 1. The van der Waals surface area contributed by atoms with Gasteiger partial charge in [0.25, 0.3) is 11.8 Å². The second-order valence-corrected chi connectivity index (χ2v) is 7.81. The summed E-state index contributed by atoms with van der Waals surface area (Å²) in [5, 5.41) is 2.59. The normalized spacial score (nSPS) is 15.0.